The van der Waals surface area contributed by atoms with Gasteiger partial charge in [-0.3, -0.25) is 0 Å². The molecule has 2 rings (SSSR count). The lowest BCUT2D eigenvalue weighted by Gasteiger charge is -2.17. The van der Waals surface area contributed by atoms with Crippen LogP contribution in [0.5, 0.6) is 5.75 Å². The Labute approximate surface area is 131 Å². The Morgan fingerprint density at radius 2 is 1.86 bits per heavy atom. The predicted octanol–water partition coefficient (Wildman–Crippen LogP) is 4.92. The Morgan fingerprint density at radius 1 is 1.14 bits per heavy atom. The Bertz CT molecular complexity index is 581. The molecule has 1 atom stereocenters. The fraction of sp³-hybridized carbons (Fsp3) is 0.444. The molecule has 0 aliphatic carbocycles. The highest BCUT2D eigenvalue weighted by Gasteiger charge is 2.21. The first-order valence-corrected chi connectivity index (χ1v) is 8.25. The highest BCUT2D eigenvalue weighted by Crippen LogP contribution is 2.37. The standard InChI is InChI=1S/C18H24O2S/c1-5-12-20-14-9-7-6-8-13(14)17(19)15-10-11-16(21-15)18(2,3)4/h6-11,17,19H,5,12H2,1-4H3. The van der Waals surface area contributed by atoms with Crippen molar-refractivity contribution in [3.05, 3.63) is 51.7 Å². The summed E-state index contributed by atoms with van der Waals surface area (Å²) in [5, 5.41) is 10.7. The van der Waals surface area contributed by atoms with Gasteiger partial charge in [-0.25, -0.2) is 0 Å². The highest BCUT2D eigenvalue weighted by molar-refractivity contribution is 7.12. The van der Waals surface area contributed by atoms with Crippen LogP contribution in [0.15, 0.2) is 36.4 Å². The van der Waals surface area contributed by atoms with Crippen molar-refractivity contribution in [2.75, 3.05) is 6.61 Å². The smallest absolute Gasteiger partial charge is 0.125 e. The predicted molar refractivity (Wildman–Crippen MR) is 89.3 cm³/mol. The van der Waals surface area contributed by atoms with Crippen LogP contribution in [0.4, 0.5) is 0 Å². The summed E-state index contributed by atoms with van der Waals surface area (Å²) in [4.78, 5) is 2.25. The number of hydrogen-bond acceptors (Lipinski definition) is 3. The van der Waals surface area contributed by atoms with Gasteiger partial charge in [0.1, 0.15) is 11.9 Å². The number of aliphatic hydroxyl groups excluding tert-OH is 1. The molecule has 0 saturated carbocycles. The van der Waals surface area contributed by atoms with Gasteiger partial charge in [-0.2, -0.15) is 0 Å². The Morgan fingerprint density at radius 3 is 2.48 bits per heavy atom. The molecule has 1 heterocycles. The normalized spacial score (nSPS) is 13.2. The molecule has 114 valence electrons. The van der Waals surface area contributed by atoms with E-state index >= 15 is 0 Å². The molecule has 1 N–H and O–H groups in total. The molecule has 1 aromatic heterocycles. The van der Waals surface area contributed by atoms with Crippen molar-refractivity contribution in [3.8, 4) is 5.75 Å². The van der Waals surface area contributed by atoms with Crippen LogP contribution < -0.4 is 4.74 Å². The van der Waals surface area contributed by atoms with E-state index in [2.05, 4.69) is 33.8 Å². The first kappa shape index (κ1) is 16.1. The van der Waals surface area contributed by atoms with E-state index in [1.54, 1.807) is 11.3 Å². The molecule has 0 spiro atoms. The zero-order chi connectivity index (χ0) is 15.5. The molecule has 0 aliphatic rings. The molecule has 21 heavy (non-hydrogen) atoms. The zero-order valence-electron chi connectivity index (χ0n) is 13.2. The Hall–Kier alpha value is -1.32. The van der Waals surface area contributed by atoms with Gasteiger partial charge in [0.25, 0.3) is 0 Å². The number of hydrogen-bond donors (Lipinski definition) is 1. The fourth-order valence-corrected chi connectivity index (χ4v) is 3.18. The van der Waals surface area contributed by atoms with E-state index in [9.17, 15) is 5.11 Å². The minimum atomic E-state index is -0.626. The van der Waals surface area contributed by atoms with E-state index in [1.165, 1.54) is 4.88 Å². The van der Waals surface area contributed by atoms with Crippen LogP contribution >= 0.6 is 11.3 Å². The molecule has 3 heteroatoms. The van der Waals surface area contributed by atoms with Gasteiger partial charge < -0.3 is 9.84 Å². The van der Waals surface area contributed by atoms with Crippen LogP contribution in [0.25, 0.3) is 0 Å². The average molecular weight is 304 g/mol. The lowest BCUT2D eigenvalue weighted by Crippen LogP contribution is -2.08. The van der Waals surface area contributed by atoms with Crippen LogP contribution in [0.2, 0.25) is 0 Å². The van der Waals surface area contributed by atoms with Gasteiger partial charge in [0, 0.05) is 15.3 Å². The van der Waals surface area contributed by atoms with E-state index < -0.39 is 6.10 Å². The van der Waals surface area contributed by atoms with E-state index in [4.69, 9.17) is 4.74 Å². The van der Waals surface area contributed by atoms with Crippen molar-refractivity contribution < 1.29 is 9.84 Å². The largest absolute Gasteiger partial charge is 0.493 e. The fourth-order valence-electron chi connectivity index (χ4n) is 2.11. The molecule has 1 aromatic carbocycles. The first-order chi connectivity index (χ1) is 9.93. The zero-order valence-corrected chi connectivity index (χ0v) is 14.0. The second-order valence-corrected chi connectivity index (χ2v) is 7.36. The van der Waals surface area contributed by atoms with Crippen LogP contribution in [0, 0.1) is 0 Å². The van der Waals surface area contributed by atoms with E-state index in [0.29, 0.717) is 6.61 Å². The minimum Gasteiger partial charge on any atom is -0.493 e. The van der Waals surface area contributed by atoms with E-state index in [1.807, 2.05) is 30.3 Å². The molecule has 1 unspecified atom stereocenters. The van der Waals surface area contributed by atoms with Gasteiger partial charge in [0.15, 0.2) is 0 Å². The van der Waals surface area contributed by atoms with E-state index in [-0.39, 0.29) is 5.41 Å². The van der Waals surface area contributed by atoms with Crippen molar-refractivity contribution in [1.29, 1.82) is 0 Å². The first-order valence-electron chi connectivity index (χ1n) is 7.43. The third kappa shape index (κ3) is 3.86. The summed E-state index contributed by atoms with van der Waals surface area (Å²) in [6.45, 7) is 9.31. The van der Waals surface area contributed by atoms with Gasteiger partial charge in [0.2, 0.25) is 0 Å². The maximum Gasteiger partial charge on any atom is 0.125 e. The summed E-state index contributed by atoms with van der Waals surface area (Å²) in [7, 11) is 0. The molecule has 0 fully saturated rings. The van der Waals surface area contributed by atoms with Crippen LogP contribution in [-0.2, 0) is 5.41 Å². The van der Waals surface area contributed by atoms with Crippen molar-refractivity contribution in [1.82, 2.24) is 0 Å². The quantitative estimate of drug-likeness (QED) is 0.850. The van der Waals surface area contributed by atoms with E-state index in [0.717, 1.165) is 22.6 Å². The summed E-state index contributed by atoms with van der Waals surface area (Å²) >= 11 is 1.67. The molecule has 0 amide bonds. The number of thiophene rings is 1. The average Bonchev–Trinajstić information content (AvgIpc) is 2.94. The lowest BCUT2D eigenvalue weighted by atomic mass is 9.95. The number of ether oxygens (including phenoxy) is 1. The molecule has 2 aromatic rings. The van der Waals surface area contributed by atoms with Gasteiger partial charge >= 0.3 is 0 Å². The number of rotatable bonds is 5. The summed E-state index contributed by atoms with van der Waals surface area (Å²) in [5.41, 5.74) is 0.953. The molecule has 0 saturated heterocycles. The van der Waals surface area contributed by atoms with Gasteiger partial charge in [0.05, 0.1) is 6.61 Å². The molecule has 2 nitrogen and oxygen atoms in total. The number of para-hydroxylation sites is 1. The van der Waals surface area contributed by atoms with Crippen molar-refractivity contribution in [3.63, 3.8) is 0 Å². The maximum atomic E-state index is 10.7. The van der Waals surface area contributed by atoms with Crippen molar-refractivity contribution >= 4 is 11.3 Å². The molecular weight excluding hydrogens is 280 g/mol. The molecule has 0 radical (unpaired) electrons. The summed E-state index contributed by atoms with van der Waals surface area (Å²) in [6.07, 6.45) is 0.330. The molecule has 0 aliphatic heterocycles. The maximum absolute atomic E-state index is 10.7. The van der Waals surface area contributed by atoms with Crippen LogP contribution in [0.3, 0.4) is 0 Å². The van der Waals surface area contributed by atoms with Gasteiger partial charge in [-0.05, 0) is 30.0 Å². The summed E-state index contributed by atoms with van der Waals surface area (Å²) < 4.78 is 5.75. The van der Waals surface area contributed by atoms with Crippen LogP contribution in [-0.4, -0.2) is 11.7 Å². The van der Waals surface area contributed by atoms with Gasteiger partial charge in [-0.15, -0.1) is 11.3 Å². The number of aliphatic hydroxyl groups is 1. The lowest BCUT2D eigenvalue weighted by molar-refractivity contribution is 0.214. The molecule has 0 bridgehead atoms. The van der Waals surface area contributed by atoms with Crippen molar-refractivity contribution in [2.45, 2.75) is 45.6 Å². The Kier molecular flexibility index (Phi) is 5.07. The number of benzene rings is 1. The van der Waals surface area contributed by atoms with Crippen LogP contribution in [0.1, 0.15) is 55.5 Å². The topological polar surface area (TPSA) is 29.5 Å². The monoisotopic (exact) mass is 304 g/mol. The molecular formula is C18H24O2S. The summed E-state index contributed by atoms with van der Waals surface area (Å²) in [5.74, 6) is 0.776. The highest BCUT2D eigenvalue weighted by atomic mass is 32.1. The minimum absolute atomic E-state index is 0.112. The SMILES string of the molecule is CCCOc1ccccc1C(O)c1ccc(C(C)(C)C)s1. The summed E-state index contributed by atoms with van der Waals surface area (Å²) in [6, 6.07) is 11.9. The third-order valence-corrected chi connectivity index (χ3v) is 4.87. The second kappa shape index (κ2) is 6.63. The second-order valence-electron chi connectivity index (χ2n) is 6.24. The van der Waals surface area contributed by atoms with Crippen molar-refractivity contribution in [2.24, 2.45) is 0 Å². The third-order valence-electron chi connectivity index (χ3n) is 3.31. The van der Waals surface area contributed by atoms with Gasteiger partial charge in [-0.1, -0.05) is 45.9 Å². The Balaban J connectivity index is 2.27.